The molecule has 0 bridgehead atoms. The molecule has 100 valence electrons. The van der Waals surface area contributed by atoms with Crippen LogP contribution in [0.4, 0.5) is 5.69 Å². The molecule has 2 nitrogen and oxygen atoms in total. The van der Waals surface area contributed by atoms with Crippen LogP contribution in [0.15, 0.2) is 47.4 Å². The largest absolute Gasteiger partial charge is 0.495 e. The van der Waals surface area contributed by atoms with Crippen LogP contribution in [0.1, 0.15) is 11.1 Å². The molecule has 0 saturated heterocycles. The molecule has 0 aromatic heterocycles. The predicted molar refractivity (Wildman–Crippen MR) is 83.3 cm³/mol. The van der Waals surface area contributed by atoms with Gasteiger partial charge in [0.2, 0.25) is 0 Å². The van der Waals surface area contributed by atoms with Crippen LogP contribution in [-0.4, -0.2) is 13.4 Å². The highest BCUT2D eigenvalue weighted by molar-refractivity contribution is 7.98. The van der Waals surface area contributed by atoms with Gasteiger partial charge in [-0.25, -0.2) is 0 Å². The topological polar surface area (TPSA) is 21.3 Å². The Bertz CT molecular complexity index is 537. The molecular formula is C16H19NOS. The molecule has 0 atom stereocenters. The summed E-state index contributed by atoms with van der Waals surface area (Å²) in [6, 6.07) is 14.8. The normalized spacial score (nSPS) is 10.3. The summed E-state index contributed by atoms with van der Waals surface area (Å²) in [5.74, 6) is 0.890. The van der Waals surface area contributed by atoms with Gasteiger partial charge in [-0.05, 0) is 48.6 Å². The van der Waals surface area contributed by atoms with Crippen molar-refractivity contribution in [1.29, 1.82) is 0 Å². The molecule has 0 fully saturated rings. The van der Waals surface area contributed by atoms with E-state index < -0.39 is 0 Å². The zero-order valence-corrected chi connectivity index (χ0v) is 12.4. The zero-order valence-electron chi connectivity index (χ0n) is 11.6. The first-order chi connectivity index (χ1) is 9.22. The Morgan fingerprint density at radius 3 is 2.47 bits per heavy atom. The minimum Gasteiger partial charge on any atom is -0.495 e. The molecule has 0 spiro atoms. The van der Waals surface area contributed by atoms with Gasteiger partial charge in [-0.15, -0.1) is 11.8 Å². The number of methoxy groups -OCH3 is 1. The van der Waals surface area contributed by atoms with E-state index in [1.165, 1.54) is 16.0 Å². The van der Waals surface area contributed by atoms with E-state index in [1.807, 2.05) is 6.07 Å². The van der Waals surface area contributed by atoms with E-state index in [4.69, 9.17) is 4.74 Å². The lowest BCUT2D eigenvalue weighted by Crippen LogP contribution is -2.01. The lowest BCUT2D eigenvalue weighted by atomic mass is 10.2. The number of ether oxygens (including phenoxy) is 1. The molecule has 0 aliphatic heterocycles. The Kier molecular flexibility index (Phi) is 4.74. The minimum absolute atomic E-state index is 0.800. The summed E-state index contributed by atoms with van der Waals surface area (Å²) in [6.45, 7) is 2.86. The number of rotatable bonds is 5. The van der Waals surface area contributed by atoms with E-state index in [2.05, 4.69) is 54.9 Å². The molecule has 3 heteroatoms. The van der Waals surface area contributed by atoms with Gasteiger partial charge in [-0.1, -0.05) is 18.2 Å². The molecule has 0 amide bonds. The first-order valence-electron chi connectivity index (χ1n) is 6.24. The summed E-state index contributed by atoms with van der Waals surface area (Å²) in [5.41, 5.74) is 3.49. The zero-order chi connectivity index (χ0) is 13.7. The molecule has 2 aromatic rings. The number of anilines is 1. The Morgan fingerprint density at radius 2 is 1.84 bits per heavy atom. The van der Waals surface area contributed by atoms with Crippen LogP contribution >= 0.6 is 11.8 Å². The average molecular weight is 273 g/mol. The Labute approximate surface area is 119 Å². The fourth-order valence-electron chi connectivity index (χ4n) is 1.89. The van der Waals surface area contributed by atoms with Crippen LogP contribution < -0.4 is 10.1 Å². The molecule has 0 aliphatic carbocycles. The number of thioether (sulfide) groups is 1. The number of nitrogens with one attached hydrogen (secondary N) is 1. The Morgan fingerprint density at radius 1 is 1.11 bits per heavy atom. The van der Waals surface area contributed by atoms with E-state index in [-0.39, 0.29) is 0 Å². The molecule has 0 heterocycles. The third kappa shape index (κ3) is 3.67. The van der Waals surface area contributed by atoms with Crippen LogP contribution in [0.25, 0.3) is 0 Å². The maximum absolute atomic E-state index is 5.39. The Balaban J connectivity index is 2.05. The van der Waals surface area contributed by atoms with Crippen molar-refractivity contribution in [3.8, 4) is 5.75 Å². The van der Waals surface area contributed by atoms with Crippen molar-refractivity contribution in [3.63, 3.8) is 0 Å². The first kappa shape index (κ1) is 13.8. The molecular weight excluding hydrogens is 254 g/mol. The second-order valence-electron chi connectivity index (χ2n) is 4.41. The molecule has 0 aliphatic rings. The van der Waals surface area contributed by atoms with Gasteiger partial charge in [-0.3, -0.25) is 0 Å². The fourth-order valence-corrected chi connectivity index (χ4v) is 2.29. The number of hydrogen-bond acceptors (Lipinski definition) is 3. The van der Waals surface area contributed by atoms with E-state index in [1.54, 1.807) is 18.9 Å². The van der Waals surface area contributed by atoms with Crippen molar-refractivity contribution in [2.24, 2.45) is 0 Å². The van der Waals surface area contributed by atoms with Gasteiger partial charge in [-0.2, -0.15) is 0 Å². The van der Waals surface area contributed by atoms with Crippen molar-refractivity contribution in [2.75, 3.05) is 18.7 Å². The van der Waals surface area contributed by atoms with Gasteiger partial charge < -0.3 is 10.1 Å². The standard InChI is InChI=1S/C16H19NOS/c1-12-4-9-15(16(10-12)18-2)17-11-13-5-7-14(19-3)8-6-13/h4-10,17H,11H2,1-3H3. The van der Waals surface area contributed by atoms with E-state index in [0.29, 0.717) is 0 Å². The summed E-state index contributed by atoms with van der Waals surface area (Å²) in [4.78, 5) is 1.29. The van der Waals surface area contributed by atoms with E-state index in [9.17, 15) is 0 Å². The van der Waals surface area contributed by atoms with Gasteiger partial charge in [0.15, 0.2) is 0 Å². The minimum atomic E-state index is 0.800. The molecule has 2 rings (SSSR count). The van der Waals surface area contributed by atoms with Crippen LogP contribution in [0, 0.1) is 6.92 Å². The Hall–Kier alpha value is -1.61. The highest BCUT2D eigenvalue weighted by Crippen LogP contribution is 2.26. The van der Waals surface area contributed by atoms with Gasteiger partial charge in [0.25, 0.3) is 0 Å². The van der Waals surface area contributed by atoms with Crippen molar-refractivity contribution < 1.29 is 4.74 Å². The number of benzene rings is 2. The number of hydrogen-bond donors (Lipinski definition) is 1. The lowest BCUT2D eigenvalue weighted by Gasteiger charge is -2.12. The first-order valence-corrected chi connectivity index (χ1v) is 7.47. The second-order valence-corrected chi connectivity index (χ2v) is 5.29. The van der Waals surface area contributed by atoms with Gasteiger partial charge in [0.05, 0.1) is 12.8 Å². The van der Waals surface area contributed by atoms with E-state index >= 15 is 0 Å². The smallest absolute Gasteiger partial charge is 0.142 e. The molecule has 0 saturated carbocycles. The van der Waals surface area contributed by atoms with Crippen molar-refractivity contribution in [3.05, 3.63) is 53.6 Å². The fraction of sp³-hybridized carbons (Fsp3) is 0.250. The molecule has 1 N–H and O–H groups in total. The summed E-state index contributed by atoms with van der Waals surface area (Å²) in [7, 11) is 1.70. The monoisotopic (exact) mass is 273 g/mol. The van der Waals surface area contributed by atoms with E-state index in [0.717, 1.165) is 18.0 Å². The molecule has 0 unspecified atom stereocenters. The van der Waals surface area contributed by atoms with Crippen LogP contribution in [-0.2, 0) is 6.54 Å². The highest BCUT2D eigenvalue weighted by atomic mass is 32.2. The van der Waals surface area contributed by atoms with Crippen molar-refractivity contribution in [2.45, 2.75) is 18.4 Å². The lowest BCUT2D eigenvalue weighted by molar-refractivity contribution is 0.416. The average Bonchev–Trinajstić information content (AvgIpc) is 2.46. The molecule has 2 aromatic carbocycles. The maximum atomic E-state index is 5.39. The van der Waals surface area contributed by atoms with Crippen LogP contribution in [0.2, 0.25) is 0 Å². The highest BCUT2D eigenvalue weighted by Gasteiger charge is 2.02. The van der Waals surface area contributed by atoms with Gasteiger partial charge in [0.1, 0.15) is 5.75 Å². The SMILES string of the molecule is COc1cc(C)ccc1NCc1ccc(SC)cc1. The summed E-state index contributed by atoms with van der Waals surface area (Å²) in [6.07, 6.45) is 2.09. The third-order valence-electron chi connectivity index (χ3n) is 3.00. The molecule has 19 heavy (non-hydrogen) atoms. The van der Waals surface area contributed by atoms with Crippen molar-refractivity contribution >= 4 is 17.4 Å². The summed E-state index contributed by atoms with van der Waals surface area (Å²) in [5, 5.41) is 3.41. The summed E-state index contributed by atoms with van der Waals surface area (Å²) >= 11 is 1.76. The predicted octanol–water partition coefficient (Wildman–Crippen LogP) is 4.34. The third-order valence-corrected chi connectivity index (χ3v) is 3.74. The van der Waals surface area contributed by atoms with Gasteiger partial charge in [0, 0.05) is 11.4 Å². The number of aryl methyl sites for hydroxylation is 1. The molecule has 0 radical (unpaired) electrons. The quantitative estimate of drug-likeness (QED) is 0.819. The second kappa shape index (κ2) is 6.53. The van der Waals surface area contributed by atoms with Crippen molar-refractivity contribution in [1.82, 2.24) is 0 Å². The maximum Gasteiger partial charge on any atom is 0.142 e. The van der Waals surface area contributed by atoms with Crippen LogP contribution in [0.3, 0.4) is 0 Å². The van der Waals surface area contributed by atoms with Crippen LogP contribution in [0.5, 0.6) is 5.75 Å². The summed E-state index contributed by atoms with van der Waals surface area (Å²) < 4.78 is 5.39. The van der Waals surface area contributed by atoms with Gasteiger partial charge >= 0.3 is 0 Å².